The highest BCUT2D eigenvalue weighted by molar-refractivity contribution is 7.10. The van der Waals surface area contributed by atoms with E-state index in [0.29, 0.717) is 6.42 Å². The molecule has 1 amide bonds. The average molecular weight is 263 g/mol. The Balaban J connectivity index is 2.30. The van der Waals surface area contributed by atoms with Gasteiger partial charge in [-0.3, -0.25) is 4.79 Å². The fourth-order valence-corrected chi connectivity index (χ4v) is 2.50. The van der Waals surface area contributed by atoms with E-state index in [1.807, 2.05) is 24.4 Å². The van der Waals surface area contributed by atoms with Gasteiger partial charge in [-0.05, 0) is 29.1 Å². The van der Waals surface area contributed by atoms with Crippen LogP contribution in [0.5, 0.6) is 0 Å². The Kier molecular flexibility index (Phi) is 4.10. The Bertz CT molecular complexity index is 507. The topological polar surface area (TPSA) is 29.1 Å². The summed E-state index contributed by atoms with van der Waals surface area (Å²) in [6, 6.07) is 9.94. The molecule has 18 heavy (non-hydrogen) atoms. The first-order valence-electron chi connectivity index (χ1n) is 5.79. The van der Waals surface area contributed by atoms with Crippen LogP contribution in [-0.4, -0.2) is 5.91 Å². The Morgan fingerprint density at radius 1 is 1.33 bits per heavy atom. The first-order chi connectivity index (χ1) is 8.70. The number of hydrogen-bond acceptors (Lipinski definition) is 2. The molecule has 1 N–H and O–H groups in total. The molecule has 1 aromatic carbocycles. The lowest BCUT2D eigenvalue weighted by atomic mass is 10.1. The molecule has 2 nitrogen and oxygen atoms in total. The van der Waals surface area contributed by atoms with Crippen LogP contribution in [0.1, 0.15) is 29.8 Å². The molecule has 2 rings (SSSR count). The normalized spacial score (nSPS) is 12.1. The van der Waals surface area contributed by atoms with Gasteiger partial charge in [-0.15, -0.1) is 11.3 Å². The zero-order chi connectivity index (χ0) is 13.0. The smallest absolute Gasteiger partial charge is 0.220 e. The maximum Gasteiger partial charge on any atom is 0.220 e. The second kappa shape index (κ2) is 5.78. The Morgan fingerprint density at radius 3 is 2.61 bits per heavy atom. The number of carbonyl (C=O) groups is 1. The summed E-state index contributed by atoms with van der Waals surface area (Å²) < 4.78 is 12.9. The highest BCUT2D eigenvalue weighted by Crippen LogP contribution is 2.26. The number of nitrogens with one attached hydrogen (secondary N) is 1. The third kappa shape index (κ3) is 2.96. The summed E-state index contributed by atoms with van der Waals surface area (Å²) >= 11 is 1.57. The minimum atomic E-state index is -0.273. The number of benzene rings is 1. The molecule has 0 fully saturated rings. The monoisotopic (exact) mass is 263 g/mol. The molecule has 1 unspecified atom stereocenters. The summed E-state index contributed by atoms with van der Waals surface area (Å²) in [5.41, 5.74) is 0.889. The predicted molar refractivity (Wildman–Crippen MR) is 71.0 cm³/mol. The van der Waals surface area contributed by atoms with E-state index >= 15 is 0 Å². The summed E-state index contributed by atoms with van der Waals surface area (Å²) in [5.74, 6) is -0.289. The van der Waals surface area contributed by atoms with Crippen LogP contribution >= 0.6 is 11.3 Å². The van der Waals surface area contributed by atoms with Crippen LogP contribution in [-0.2, 0) is 4.79 Å². The molecule has 94 valence electrons. The minimum absolute atomic E-state index is 0.0160. The number of amides is 1. The Morgan fingerprint density at radius 2 is 2.06 bits per heavy atom. The molecule has 0 aliphatic carbocycles. The van der Waals surface area contributed by atoms with Crippen molar-refractivity contribution in [3.05, 3.63) is 58.0 Å². The maximum atomic E-state index is 12.9. The van der Waals surface area contributed by atoms with Crippen LogP contribution in [0, 0.1) is 5.82 Å². The van der Waals surface area contributed by atoms with Crippen LogP contribution < -0.4 is 5.32 Å². The van der Waals surface area contributed by atoms with Crippen molar-refractivity contribution in [1.29, 1.82) is 0 Å². The molecule has 1 atom stereocenters. The van der Waals surface area contributed by atoms with Gasteiger partial charge in [0.15, 0.2) is 0 Å². The van der Waals surface area contributed by atoms with E-state index in [9.17, 15) is 9.18 Å². The lowest BCUT2D eigenvalue weighted by Crippen LogP contribution is -2.27. The van der Waals surface area contributed by atoms with E-state index in [1.54, 1.807) is 23.5 Å². The number of thiophene rings is 1. The van der Waals surface area contributed by atoms with Crippen molar-refractivity contribution >= 4 is 17.2 Å². The summed E-state index contributed by atoms with van der Waals surface area (Å²) in [4.78, 5) is 12.6. The van der Waals surface area contributed by atoms with E-state index < -0.39 is 0 Å². The van der Waals surface area contributed by atoms with E-state index in [-0.39, 0.29) is 17.8 Å². The lowest BCUT2D eigenvalue weighted by molar-refractivity contribution is -0.121. The molecule has 0 bridgehead atoms. The fraction of sp³-hybridized carbons (Fsp3) is 0.214. The van der Waals surface area contributed by atoms with Crippen LogP contribution in [0.4, 0.5) is 4.39 Å². The number of carbonyl (C=O) groups excluding carboxylic acids is 1. The van der Waals surface area contributed by atoms with Gasteiger partial charge < -0.3 is 5.32 Å². The van der Waals surface area contributed by atoms with E-state index in [0.717, 1.165) is 10.4 Å². The fourth-order valence-electron chi connectivity index (χ4n) is 1.69. The average Bonchev–Trinajstić information content (AvgIpc) is 2.90. The van der Waals surface area contributed by atoms with E-state index in [1.165, 1.54) is 12.1 Å². The second-order valence-corrected chi connectivity index (χ2v) is 4.90. The summed E-state index contributed by atoms with van der Waals surface area (Å²) in [5, 5.41) is 4.92. The van der Waals surface area contributed by atoms with Crippen molar-refractivity contribution in [1.82, 2.24) is 5.32 Å². The third-order valence-electron chi connectivity index (χ3n) is 2.66. The quantitative estimate of drug-likeness (QED) is 0.898. The standard InChI is InChI=1S/C14H14FNOS/c1-2-13(17)16-14(12-4-3-9-18-12)10-5-7-11(15)8-6-10/h3-9,14H,2H2,1H3,(H,16,17). The Labute approximate surface area is 109 Å². The van der Waals surface area contributed by atoms with Gasteiger partial charge in [-0.25, -0.2) is 4.39 Å². The first-order valence-corrected chi connectivity index (χ1v) is 6.67. The van der Waals surface area contributed by atoms with Gasteiger partial charge in [0, 0.05) is 11.3 Å². The van der Waals surface area contributed by atoms with Crippen LogP contribution in [0.25, 0.3) is 0 Å². The van der Waals surface area contributed by atoms with Crippen LogP contribution in [0.2, 0.25) is 0 Å². The molecule has 4 heteroatoms. The molecule has 1 heterocycles. The summed E-state index contributed by atoms with van der Waals surface area (Å²) in [6.07, 6.45) is 0.434. The molecule has 1 aromatic heterocycles. The highest BCUT2D eigenvalue weighted by Gasteiger charge is 2.16. The lowest BCUT2D eigenvalue weighted by Gasteiger charge is -2.17. The number of hydrogen-bond donors (Lipinski definition) is 1. The Hall–Kier alpha value is -1.68. The van der Waals surface area contributed by atoms with Gasteiger partial charge in [0.05, 0.1) is 6.04 Å². The van der Waals surface area contributed by atoms with Gasteiger partial charge in [-0.2, -0.15) is 0 Å². The SMILES string of the molecule is CCC(=O)NC(c1ccc(F)cc1)c1cccs1. The molecule has 0 spiro atoms. The number of halogens is 1. The van der Waals surface area contributed by atoms with Gasteiger partial charge in [0.2, 0.25) is 5.91 Å². The number of rotatable bonds is 4. The van der Waals surface area contributed by atoms with Crippen molar-refractivity contribution in [3.63, 3.8) is 0 Å². The van der Waals surface area contributed by atoms with Crippen LogP contribution in [0.3, 0.4) is 0 Å². The summed E-state index contributed by atoms with van der Waals surface area (Å²) in [7, 11) is 0. The van der Waals surface area contributed by atoms with E-state index in [4.69, 9.17) is 0 Å². The molecule has 2 aromatic rings. The van der Waals surface area contributed by atoms with Crippen molar-refractivity contribution in [2.24, 2.45) is 0 Å². The molecule has 0 aliphatic rings. The molecular formula is C14H14FNOS. The van der Waals surface area contributed by atoms with Gasteiger partial charge >= 0.3 is 0 Å². The molecule has 0 saturated carbocycles. The molecule has 0 radical (unpaired) electrons. The van der Waals surface area contributed by atoms with Crippen molar-refractivity contribution in [2.45, 2.75) is 19.4 Å². The summed E-state index contributed by atoms with van der Waals surface area (Å²) in [6.45, 7) is 1.81. The maximum absolute atomic E-state index is 12.9. The first kappa shape index (κ1) is 12.8. The minimum Gasteiger partial charge on any atom is -0.344 e. The molecule has 0 saturated heterocycles. The zero-order valence-corrected chi connectivity index (χ0v) is 10.8. The molecular weight excluding hydrogens is 249 g/mol. The second-order valence-electron chi connectivity index (χ2n) is 3.92. The zero-order valence-electron chi connectivity index (χ0n) is 10.0. The van der Waals surface area contributed by atoms with Crippen molar-refractivity contribution in [2.75, 3.05) is 0 Å². The largest absolute Gasteiger partial charge is 0.344 e. The van der Waals surface area contributed by atoms with E-state index in [2.05, 4.69) is 5.32 Å². The van der Waals surface area contributed by atoms with Gasteiger partial charge in [0.25, 0.3) is 0 Å². The van der Waals surface area contributed by atoms with Gasteiger partial charge in [0.1, 0.15) is 5.82 Å². The van der Waals surface area contributed by atoms with Crippen LogP contribution in [0.15, 0.2) is 41.8 Å². The van der Waals surface area contributed by atoms with Crippen molar-refractivity contribution in [3.8, 4) is 0 Å². The predicted octanol–water partition coefficient (Wildman–Crippen LogP) is 3.50. The highest BCUT2D eigenvalue weighted by atomic mass is 32.1. The van der Waals surface area contributed by atoms with Gasteiger partial charge in [-0.1, -0.05) is 25.1 Å². The third-order valence-corrected chi connectivity index (χ3v) is 3.59. The molecule has 0 aliphatic heterocycles. The van der Waals surface area contributed by atoms with Crippen molar-refractivity contribution < 1.29 is 9.18 Å².